The average Bonchev–Trinajstić information content (AvgIpc) is 2.60. The number of ether oxygens (including phenoxy) is 1. The molecule has 2 rings (SSSR count). The maximum atomic E-state index is 13.6. The Bertz CT molecular complexity index is 699. The molecule has 0 heterocycles. The van der Waals surface area contributed by atoms with Crippen molar-refractivity contribution in [3.63, 3.8) is 0 Å². The van der Waals surface area contributed by atoms with E-state index in [-0.39, 0.29) is 11.7 Å². The summed E-state index contributed by atoms with van der Waals surface area (Å²) in [6, 6.07) is 13.8. The first-order valence-corrected chi connectivity index (χ1v) is 9.64. The summed E-state index contributed by atoms with van der Waals surface area (Å²) < 4.78 is 19.1. The van der Waals surface area contributed by atoms with Crippen LogP contribution in [0.3, 0.4) is 0 Å². The fourth-order valence-electron chi connectivity index (χ4n) is 2.19. The third-order valence-electron chi connectivity index (χ3n) is 3.47. The third-order valence-corrected chi connectivity index (χ3v) is 4.74. The molecule has 25 heavy (non-hydrogen) atoms. The van der Waals surface area contributed by atoms with E-state index in [1.165, 1.54) is 12.1 Å². The molecular weight excluding hydrogens is 361 g/mol. The van der Waals surface area contributed by atoms with Gasteiger partial charge in [0.1, 0.15) is 0 Å². The monoisotopic (exact) mass is 381 g/mol. The fourth-order valence-corrected chi connectivity index (χ4v) is 3.21. The second-order valence-electron chi connectivity index (χ2n) is 5.42. The van der Waals surface area contributed by atoms with E-state index in [1.807, 2.05) is 31.2 Å². The topological polar surface area (TPSA) is 38.3 Å². The molecule has 0 bridgehead atoms. The molecule has 1 amide bonds. The van der Waals surface area contributed by atoms with Gasteiger partial charge in [-0.3, -0.25) is 4.79 Å². The minimum absolute atomic E-state index is 0.0971. The first-order valence-electron chi connectivity index (χ1n) is 8.11. The first kappa shape index (κ1) is 19.6. The Morgan fingerprint density at radius 2 is 2.08 bits per heavy atom. The molecule has 0 aliphatic heterocycles. The Kier molecular flexibility index (Phi) is 8.09. The summed E-state index contributed by atoms with van der Waals surface area (Å²) in [5, 5.41) is 3.56. The zero-order chi connectivity index (χ0) is 18.1. The Hall–Kier alpha value is -1.72. The van der Waals surface area contributed by atoms with Crippen LogP contribution in [0.5, 0.6) is 5.75 Å². The van der Waals surface area contributed by atoms with Gasteiger partial charge in [0.15, 0.2) is 17.7 Å². The molecule has 2 aromatic rings. The van der Waals surface area contributed by atoms with Gasteiger partial charge in [-0.1, -0.05) is 42.8 Å². The second kappa shape index (κ2) is 10.3. The Morgan fingerprint density at radius 3 is 2.80 bits per heavy atom. The van der Waals surface area contributed by atoms with E-state index in [1.54, 1.807) is 23.9 Å². The fraction of sp³-hybridized carbons (Fsp3) is 0.316. The quantitative estimate of drug-likeness (QED) is 0.640. The molecule has 0 radical (unpaired) electrons. The molecule has 0 saturated carbocycles. The molecule has 0 aliphatic rings. The molecule has 0 unspecified atom stereocenters. The number of para-hydroxylation sites is 1. The van der Waals surface area contributed by atoms with Crippen LogP contribution in [-0.4, -0.2) is 24.3 Å². The lowest BCUT2D eigenvalue weighted by Gasteiger charge is -2.17. The van der Waals surface area contributed by atoms with Crippen LogP contribution in [0, 0.1) is 5.82 Å². The largest absolute Gasteiger partial charge is 0.478 e. The predicted octanol–water partition coefficient (Wildman–Crippen LogP) is 4.69. The molecule has 1 atom stereocenters. The predicted molar refractivity (Wildman–Crippen MR) is 102 cm³/mol. The third kappa shape index (κ3) is 6.59. The molecule has 2 aromatic carbocycles. The summed E-state index contributed by atoms with van der Waals surface area (Å²) in [6.45, 7) is 2.36. The zero-order valence-corrected chi connectivity index (χ0v) is 15.6. The van der Waals surface area contributed by atoms with Crippen molar-refractivity contribution in [2.45, 2.75) is 25.2 Å². The average molecular weight is 382 g/mol. The lowest BCUT2D eigenvalue weighted by atomic mass is 10.2. The highest BCUT2D eigenvalue weighted by atomic mass is 35.5. The second-order valence-corrected chi connectivity index (χ2v) is 6.96. The van der Waals surface area contributed by atoms with Crippen molar-refractivity contribution >= 4 is 29.3 Å². The normalized spacial score (nSPS) is 11.8. The molecule has 0 fully saturated rings. The van der Waals surface area contributed by atoms with Crippen molar-refractivity contribution in [3.05, 3.63) is 64.9 Å². The van der Waals surface area contributed by atoms with Crippen LogP contribution < -0.4 is 10.1 Å². The standard InChI is InChI=1S/C19H21ClFNO2S/c1-2-17(24-18-9-4-3-8-16(18)21)19(23)22-10-11-25-13-14-6-5-7-15(20)12-14/h3-9,12,17H,2,10-11,13H2,1H3,(H,22,23)/t17-/m1/s1. The van der Waals surface area contributed by atoms with Crippen LogP contribution in [0.4, 0.5) is 4.39 Å². The van der Waals surface area contributed by atoms with Gasteiger partial charge in [-0.05, 0) is 36.2 Å². The Morgan fingerprint density at radius 1 is 1.28 bits per heavy atom. The summed E-state index contributed by atoms with van der Waals surface area (Å²) in [7, 11) is 0. The van der Waals surface area contributed by atoms with Crippen molar-refractivity contribution in [3.8, 4) is 5.75 Å². The molecular formula is C19H21ClFNO2S. The highest BCUT2D eigenvalue weighted by molar-refractivity contribution is 7.98. The van der Waals surface area contributed by atoms with Crippen LogP contribution in [0.1, 0.15) is 18.9 Å². The number of carbonyl (C=O) groups excluding carboxylic acids is 1. The molecule has 1 N–H and O–H groups in total. The Balaban J connectivity index is 1.72. The highest BCUT2D eigenvalue weighted by Gasteiger charge is 2.19. The number of halogens is 2. The van der Waals surface area contributed by atoms with E-state index < -0.39 is 11.9 Å². The van der Waals surface area contributed by atoms with Crippen molar-refractivity contribution < 1.29 is 13.9 Å². The number of rotatable bonds is 9. The number of benzene rings is 2. The van der Waals surface area contributed by atoms with Crippen LogP contribution in [-0.2, 0) is 10.5 Å². The van der Waals surface area contributed by atoms with Gasteiger partial charge in [0.05, 0.1) is 0 Å². The summed E-state index contributed by atoms with van der Waals surface area (Å²) >= 11 is 7.66. The lowest BCUT2D eigenvalue weighted by molar-refractivity contribution is -0.128. The number of hydrogen-bond acceptors (Lipinski definition) is 3. The summed E-state index contributed by atoms with van der Waals surface area (Å²) in [5.41, 5.74) is 1.15. The van der Waals surface area contributed by atoms with Gasteiger partial charge >= 0.3 is 0 Å². The molecule has 6 heteroatoms. The van der Waals surface area contributed by atoms with Crippen molar-refractivity contribution in [2.75, 3.05) is 12.3 Å². The summed E-state index contributed by atoms with van der Waals surface area (Å²) in [5.74, 6) is 1.01. The van der Waals surface area contributed by atoms with Gasteiger partial charge in [-0.15, -0.1) is 0 Å². The van der Waals surface area contributed by atoms with E-state index in [2.05, 4.69) is 5.32 Å². The van der Waals surface area contributed by atoms with Gasteiger partial charge < -0.3 is 10.1 Å². The van der Waals surface area contributed by atoms with Crippen LogP contribution in [0.2, 0.25) is 5.02 Å². The number of carbonyl (C=O) groups is 1. The van der Waals surface area contributed by atoms with Crippen LogP contribution >= 0.6 is 23.4 Å². The van der Waals surface area contributed by atoms with E-state index in [9.17, 15) is 9.18 Å². The van der Waals surface area contributed by atoms with Gasteiger partial charge in [0.25, 0.3) is 5.91 Å². The van der Waals surface area contributed by atoms with Crippen molar-refractivity contribution in [1.82, 2.24) is 5.32 Å². The molecule has 134 valence electrons. The number of hydrogen-bond donors (Lipinski definition) is 1. The van der Waals surface area contributed by atoms with Gasteiger partial charge in [0, 0.05) is 23.1 Å². The van der Waals surface area contributed by atoms with E-state index in [0.717, 1.165) is 22.1 Å². The lowest BCUT2D eigenvalue weighted by Crippen LogP contribution is -2.39. The zero-order valence-electron chi connectivity index (χ0n) is 14.0. The minimum atomic E-state index is -0.699. The molecule has 0 aromatic heterocycles. The van der Waals surface area contributed by atoms with Gasteiger partial charge in [-0.25, -0.2) is 4.39 Å². The maximum Gasteiger partial charge on any atom is 0.261 e. The van der Waals surface area contributed by atoms with Gasteiger partial charge in [0.2, 0.25) is 0 Å². The van der Waals surface area contributed by atoms with Crippen LogP contribution in [0.25, 0.3) is 0 Å². The number of thioether (sulfide) groups is 1. The first-order chi connectivity index (χ1) is 12.1. The van der Waals surface area contributed by atoms with Gasteiger partial charge in [-0.2, -0.15) is 11.8 Å². The number of amides is 1. The molecule has 3 nitrogen and oxygen atoms in total. The molecule has 0 saturated heterocycles. The number of nitrogens with one attached hydrogen (secondary N) is 1. The maximum absolute atomic E-state index is 13.6. The van der Waals surface area contributed by atoms with Crippen LogP contribution in [0.15, 0.2) is 48.5 Å². The smallest absolute Gasteiger partial charge is 0.261 e. The Labute approximate surface area is 156 Å². The molecule has 0 spiro atoms. The van der Waals surface area contributed by atoms with E-state index in [0.29, 0.717) is 13.0 Å². The highest BCUT2D eigenvalue weighted by Crippen LogP contribution is 2.18. The molecule has 0 aliphatic carbocycles. The van der Waals surface area contributed by atoms with Crippen molar-refractivity contribution in [1.29, 1.82) is 0 Å². The SMILES string of the molecule is CC[C@@H](Oc1ccccc1F)C(=O)NCCSCc1cccc(Cl)c1. The summed E-state index contributed by atoms with van der Waals surface area (Å²) in [4.78, 5) is 12.2. The van der Waals surface area contributed by atoms with Crippen molar-refractivity contribution in [2.24, 2.45) is 0 Å². The minimum Gasteiger partial charge on any atom is -0.478 e. The van der Waals surface area contributed by atoms with E-state index in [4.69, 9.17) is 16.3 Å². The summed E-state index contributed by atoms with van der Waals surface area (Å²) in [6.07, 6.45) is -0.231. The van der Waals surface area contributed by atoms with E-state index >= 15 is 0 Å².